The summed E-state index contributed by atoms with van der Waals surface area (Å²) in [5.41, 5.74) is 41.4. The minimum Gasteiger partial charge on any atom is -0.368 e. The first-order valence-corrected chi connectivity index (χ1v) is 33.3. The van der Waals surface area contributed by atoms with Gasteiger partial charge in [0.1, 0.15) is 48.3 Å². The predicted molar refractivity (Wildman–Crippen MR) is 373 cm³/mol. The van der Waals surface area contributed by atoms with Gasteiger partial charge in [0, 0.05) is 94.1 Å². The number of rotatable bonds is 39. The Bertz CT molecular complexity index is 3990. The number of hydrogen-bond acceptors (Lipinski definition) is 14. The number of H-pyrrole nitrogens is 4. The Balaban J connectivity index is 1.07. The molecular formula is C70H94N18O9. The van der Waals surface area contributed by atoms with E-state index >= 15 is 19.2 Å². The van der Waals surface area contributed by atoms with Gasteiger partial charge in [0.05, 0.1) is 6.04 Å². The molecule has 0 radical (unpaired) electrons. The van der Waals surface area contributed by atoms with Gasteiger partial charge in [-0.2, -0.15) is 0 Å². The molecule has 9 amide bonds. The number of aromatic nitrogens is 4. The number of primary amides is 1. The summed E-state index contributed by atoms with van der Waals surface area (Å²) in [6, 6.07) is 18.3. The minimum atomic E-state index is -1.42. The van der Waals surface area contributed by atoms with Crippen molar-refractivity contribution in [3.05, 3.63) is 144 Å². The third kappa shape index (κ3) is 19.6. The molecule has 4 aromatic heterocycles. The molecule has 518 valence electrons. The first-order valence-electron chi connectivity index (χ1n) is 33.3. The largest absolute Gasteiger partial charge is 0.368 e. The van der Waals surface area contributed by atoms with Crippen LogP contribution in [0, 0.1) is 5.92 Å². The van der Waals surface area contributed by atoms with Gasteiger partial charge < -0.3 is 96.9 Å². The molecule has 24 N–H and O–H groups in total. The van der Waals surface area contributed by atoms with E-state index in [9.17, 15) is 24.0 Å². The third-order valence-corrected chi connectivity index (χ3v) is 17.8. The van der Waals surface area contributed by atoms with Crippen LogP contribution in [0.4, 0.5) is 0 Å². The zero-order valence-electron chi connectivity index (χ0n) is 55.0. The van der Waals surface area contributed by atoms with Crippen molar-refractivity contribution in [2.24, 2.45) is 40.3 Å². The van der Waals surface area contributed by atoms with E-state index in [0.29, 0.717) is 48.9 Å². The molecule has 0 aliphatic rings. The summed E-state index contributed by atoms with van der Waals surface area (Å²) in [6.07, 6.45) is 8.76. The summed E-state index contributed by atoms with van der Waals surface area (Å²) in [4.78, 5) is 143. The molecule has 27 nitrogen and oxygen atoms in total. The molecular weight excluding hydrogens is 1240 g/mol. The molecule has 0 fully saturated rings. The molecule has 8 aromatic rings. The highest BCUT2D eigenvalue weighted by Crippen LogP contribution is 2.25. The Morgan fingerprint density at radius 2 is 0.629 bits per heavy atom. The van der Waals surface area contributed by atoms with Crippen LogP contribution in [0.2, 0.25) is 0 Å². The van der Waals surface area contributed by atoms with E-state index < -0.39 is 113 Å². The van der Waals surface area contributed by atoms with Crippen molar-refractivity contribution >= 4 is 96.8 Å². The van der Waals surface area contributed by atoms with Crippen molar-refractivity contribution in [3.8, 4) is 0 Å². The van der Waals surface area contributed by atoms with E-state index in [1.807, 2.05) is 104 Å². The first kappa shape index (κ1) is 72.9. The van der Waals surface area contributed by atoms with Crippen LogP contribution in [0.25, 0.3) is 43.6 Å². The highest BCUT2D eigenvalue weighted by molar-refractivity contribution is 6.00. The number of fused-ring (bicyclic) bond motifs is 4. The highest BCUT2D eigenvalue weighted by atomic mass is 16.2. The van der Waals surface area contributed by atoms with Crippen LogP contribution in [0.5, 0.6) is 0 Å². The normalized spacial score (nSPS) is 14.6. The standard InChI is InChI=1S/C70H94N18O9/c1-3-40(2)61(70(97)83-56(27-15-31-74)64(91)84-57(62(76)89)32-41-36-77-50-21-8-4-16-45(41)50)88-69(96)60(35-44-39-80-53-24-11-7-19-48(44)53)86-66(93)55(26-14-30-73)82-67(94)58(33-42-37-78-51-22-9-5-17-46(42)51)87-68(95)59(34-43-38-79-52-23-10-6-18-47(43)52)85-65(92)54(25-13-29-72)81-63(90)49(75)20-12-28-71/h4-11,16-19,21-24,36-40,49,54-61,77-80H,3,12-15,20,25-35,71-75H2,1-2H3,(H2,76,89)(H,81,90)(H,82,94)(H,83,97)(H,84,91)(H,85,92)(H,86,93)(H,87,95)(H,88,96)/t40-,49-,54-,55-,56-,57-,58-,59-,60-,61-/m0/s1. The van der Waals surface area contributed by atoms with Gasteiger partial charge in [-0.15, -0.1) is 0 Å². The number of aromatic amines is 4. The van der Waals surface area contributed by atoms with Crippen LogP contribution in [0.3, 0.4) is 0 Å². The van der Waals surface area contributed by atoms with Gasteiger partial charge in [0.2, 0.25) is 53.2 Å². The van der Waals surface area contributed by atoms with Crippen LogP contribution in [0.1, 0.15) is 93.9 Å². The Morgan fingerprint density at radius 3 is 0.959 bits per heavy atom. The number of hydrogen-bond donors (Lipinski definition) is 18. The number of amides is 9. The van der Waals surface area contributed by atoms with Crippen LogP contribution in [0.15, 0.2) is 122 Å². The maximum Gasteiger partial charge on any atom is 0.243 e. The highest BCUT2D eigenvalue weighted by Gasteiger charge is 2.37. The summed E-state index contributed by atoms with van der Waals surface area (Å²) in [7, 11) is 0. The third-order valence-electron chi connectivity index (χ3n) is 17.8. The number of para-hydroxylation sites is 4. The number of carbonyl (C=O) groups is 9. The second-order valence-electron chi connectivity index (χ2n) is 24.8. The van der Waals surface area contributed by atoms with Crippen LogP contribution in [-0.4, -0.2) is 154 Å². The lowest BCUT2D eigenvalue weighted by molar-refractivity contribution is -0.136. The van der Waals surface area contributed by atoms with E-state index in [-0.39, 0.29) is 77.4 Å². The fourth-order valence-electron chi connectivity index (χ4n) is 12.0. The summed E-state index contributed by atoms with van der Waals surface area (Å²) in [5, 5.41) is 25.9. The molecule has 4 aromatic carbocycles. The molecule has 27 heteroatoms. The Hall–Kier alpha value is -9.93. The van der Waals surface area contributed by atoms with Crippen molar-refractivity contribution in [2.45, 2.75) is 152 Å². The van der Waals surface area contributed by atoms with Crippen molar-refractivity contribution in [1.82, 2.24) is 62.5 Å². The minimum absolute atomic E-state index is 0.0309. The first-order chi connectivity index (χ1) is 46.8. The van der Waals surface area contributed by atoms with Crippen LogP contribution < -0.4 is 76.9 Å². The van der Waals surface area contributed by atoms with E-state index in [1.165, 1.54) is 0 Å². The SMILES string of the molecule is CC[C@H](C)[C@H](NC(=O)[C@H](Cc1c[nH]c2ccccc12)NC(=O)[C@H](CCCN)NC(=O)[C@H](Cc1c[nH]c2ccccc12)NC(=O)[C@H](Cc1c[nH]c2ccccc12)NC(=O)[C@H](CCCN)NC(=O)[C@@H](N)CCCN)C(=O)N[C@@H](CCCN)C(=O)N[C@@H](Cc1c[nH]c2ccccc12)C(N)=O. The average molecular weight is 1330 g/mol. The van der Waals surface area contributed by atoms with Gasteiger partial charge in [-0.3, -0.25) is 43.2 Å². The number of nitrogens with two attached hydrogens (primary N) is 6. The summed E-state index contributed by atoms with van der Waals surface area (Å²) in [6.45, 7) is 4.34. The van der Waals surface area contributed by atoms with Gasteiger partial charge >= 0.3 is 0 Å². The van der Waals surface area contributed by atoms with Crippen molar-refractivity contribution < 1.29 is 43.2 Å². The fourth-order valence-corrected chi connectivity index (χ4v) is 12.0. The molecule has 4 heterocycles. The van der Waals surface area contributed by atoms with Crippen LogP contribution >= 0.6 is 0 Å². The van der Waals surface area contributed by atoms with E-state index in [4.69, 9.17) is 34.4 Å². The lowest BCUT2D eigenvalue weighted by atomic mass is 9.96. The molecule has 0 spiro atoms. The lowest BCUT2D eigenvalue weighted by Gasteiger charge is -2.30. The average Bonchev–Trinajstić information content (AvgIpc) is 1.79. The second kappa shape index (κ2) is 35.7. The zero-order chi connectivity index (χ0) is 69.5. The maximum absolute atomic E-state index is 15.3. The molecule has 0 saturated carbocycles. The smallest absolute Gasteiger partial charge is 0.243 e. The lowest BCUT2D eigenvalue weighted by Crippen LogP contribution is -2.61. The fraction of sp³-hybridized carbons (Fsp3) is 0.414. The number of carbonyl (C=O) groups excluding carboxylic acids is 9. The molecule has 0 aliphatic heterocycles. The Morgan fingerprint density at radius 1 is 0.361 bits per heavy atom. The molecule has 0 unspecified atom stereocenters. The topological polar surface area (TPSA) is 469 Å². The van der Waals surface area contributed by atoms with Gasteiger partial charge in [-0.1, -0.05) is 93.1 Å². The summed E-state index contributed by atoms with van der Waals surface area (Å²) in [5.74, 6) is -7.18. The Kier molecular flexibility index (Phi) is 26.8. The van der Waals surface area contributed by atoms with Crippen LogP contribution in [-0.2, 0) is 68.8 Å². The van der Waals surface area contributed by atoms with Gasteiger partial charge in [0.15, 0.2) is 0 Å². The summed E-state index contributed by atoms with van der Waals surface area (Å²) >= 11 is 0. The van der Waals surface area contributed by atoms with E-state index in [1.54, 1.807) is 31.7 Å². The quantitative estimate of drug-likeness (QED) is 0.0260. The summed E-state index contributed by atoms with van der Waals surface area (Å²) < 4.78 is 0. The van der Waals surface area contributed by atoms with Gasteiger partial charge in [-0.25, -0.2) is 0 Å². The molecule has 0 bridgehead atoms. The van der Waals surface area contributed by atoms with Crippen molar-refractivity contribution in [3.63, 3.8) is 0 Å². The van der Waals surface area contributed by atoms with E-state index in [2.05, 4.69) is 62.5 Å². The monoisotopic (exact) mass is 1330 g/mol. The van der Waals surface area contributed by atoms with Crippen molar-refractivity contribution in [1.29, 1.82) is 0 Å². The number of nitrogens with one attached hydrogen (secondary N) is 12. The molecule has 8 rings (SSSR count). The maximum atomic E-state index is 15.3. The molecule has 97 heavy (non-hydrogen) atoms. The second-order valence-corrected chi connectivity index (χ2v) is 24.8. The van der Waals surface area contributed by atoms with Gasteiger partial charge in [0.25, 0.3) is 0 Å². The number of benzene rings is 4. The zero-order valence-corrected chi connectivity index (χ0v) is 55.0. The van der Waals surface area contributed by atoms with Gasteiger partial charge in [-0.05, 0) is 130 Å². The predicted octanol–water partition coefficient (Wildman–Crippen LogP) is 1.58. The Labute approximate surface area is 562 Å². The van der Waals surface area contributed by atoms with Crippen molar-refractivity contribution in [2.75, 3.05) is 26.2 Å². The molecule has 0 saturated heterocycles. The van der Waals surface area contributed by atoms with E-state index in [0.717, 1.165) is 49.2 Å². The molecule has 10 atom stereocenters. The molecule has 0 aliphatic carbocycles.